The highest BCUT2D eigenvalue weighted by Crippen LogP contribution is 2.45. The van der Waals surface area contributed by atoms with Gasteiger partial charge in [0.1, 0.15) is 23.5 Å². The highest BCUT2D eigenvalue weighted by molar-refractivity contribution is 5.90. The zero-order valence-electron chi connectivity index (χ0n) is 24.7. The second-order valence-corrected chi connectivity index (χ2v) is 12.6. The summed E-state index contributed by atoms with van der Waals surface area (Å²) in [5.74, 6) is 0.241. The van der Waals surface area contributed by atoms with Crippen LogP contribution in [0.15, 0.2) is 43.1 Å². The second-order valence-electron chi connectivity index (χ2n) is 12.6. The van der Waals surface area contributed by atoms with Crippen molar-refractivity contribution < 1.29 is 18.3 Å². The third kappa shape index (κ3) is 5.99. The number of piperidine rings is 1. The molecule has 7 rings (SSSR count). The lowest BCUT2D eigenvalue weighted by Crippen LogP contribution is -2.58. The Morgan fingerprint density at radius 3 is 2.69 bits per heavy atom. The molecule has 11 nitrogen and oxygen atoms in total. The van der Waals surface area contributed by atoms with Crippen LogP contribution in [0.1, 0.15) is 49.8 Å². The Labute approximate surface area is 258 Å². The highest BCUT2D eigenvalue weighted by atomic mass is 19.4. The summed E-state index contributed by atoms with van der Waals surface area (Å²) < 4.78 is 43.0. The van der Waals surface area contributed by atoms with Crippen molar-refractivity contribution in [1.82, 2.24) is 39.5 Å². The molecule has 1 saturated carbocycles. The number of pyridine rings is 1. The van der Waals surface area contributed by atoms with Gasteiger partial charge in [-0.15, -0.1) is 0 Å². The molecule has 14 heteroatoms. The molecule has 6 heterocycles. The second kappa shape index (κ2) is 11.7. The van der Waals surface area contributed by atoms with Crippen molar-refractivity contribution in [1.29, 1.82) is 5.26 Å². The number of aromatic nitrogens is 6. The van der Waals surface area contributed by atoms with Gasteiger partial charge < -0.3 is 20.3 Å². The van der Waals surface area contributed by atoms with Crippen molar-refractivity contribution >= 4 is 16.9 Å². The van der Waals surface area contributed by atoms with Gasteiger partial charge in [0.15, 0.2) is 0 Å². The van der Waals surface area contributed by atoms with Gasteiger partial charge in [-0.05, 0) is 55.9 Å². The van der Waals surface area contributed by atoms with E-state index in [2.05, 4.69) is 41.3 Å². The van der Waals surface area contributed by atoms with Crippen LogP contribution < -0.4 is 5.32 Å². The lowest BCUT2D eigenvalue weighted by atomic mass is 9.69. The van der Waals surface area contributed by atoms with E-state index in [0.29, 0.717) is 44.1 Å². The number of β-amino-alcohol motifs (C(OH)–C–C–N with tert-alkyl or cyclic N) is 1. The van der Waals surface area contributed by atoms with Crippen molar-refractivity contribution in [3.8, 4) is 17.3 Å². The van der Waals surface area contributed by atoms with Crippen LogP contribution in [0.2, 0.25) is 0 Å². The van der Waals surface area contributed by atoms with Crippen molar-refractivity contribution in [2.45, 2.75) is 75.0 Å². The van der Waals surface area contributed by atoms with Crippen molar-refractivity contribution in [2.75, 3.05) is 31.5 Å². The molecule has 0 radical (unpaired) electrons. The van der Waals surface area contributed by atoms with E-state index in [1.807, 2.05) is 28.0 Å². The topological polar surface area (TPSA) is 135 Å². The van der Waals surface area contributed by atoms with Gasteiger partial charge in [0.05, 0.1) is 36.0 Å². The molecule has 0 aromatic carbocycles. The number of fused-ring (bicyclic) bond motifs is 1. The van der Waals surface area contributed by atoms with Crippen LogP contribution in [-0.4, -0.2) is 89.0 Å². The van der Waals surface area contributed by atoms with E-state index in [-0.39, 0.29) is 17.4 Å². The quantitative estimate of drug-likeness (QED) is 0.266. The number of halogens is 3. The standard InChI is InChI=1S/C31H35F3N10O/c32-31(33,34)26-11-20(16-42-8-4-24(45)18-42)12-27(41-26)40-22-2-9-43(10-3-22)23-13-30(14-23,5-6-35)44-17-21(15-39-44)28-25-1-7-36-29(25)38-19-37-28/h1,7,11-12,15,17,19,22-24,45H,2-5,8-10,13-14,16,18H2,(H,40,41)(H,36,37,38)/t23?,24-,30?/m1/s1. The number of hydrogen-bond acceptors (Lipinski definition) is 9. The molecule has 1 atom stereocenters. The molecule has 0 bridgehead atoms. The minimum absolute atomic E-state index is 0.00874. The molecule has 4 aromatic heterocycles. The van der Waals surface area contributed by atoms with Gasteiger partial charge in [0.2, 0.25) is 0 Å². The van der Waals surface area contributed by atoms with E-state index in [1.54, 1.807) is 12.3 Å². The lowest BCUT2D eigenvalue weighted by Gasteiger charge is -2.52. The van der Waals surface area contributed by atoms with Gasteiger partial charge in [0, 0.05) is 68.2 Å². The van der Waals surface area contributed by atoms with Crippen molar-refractivity contribution in [2.24, 2.45) is 0 Å². The number of hydrogen-bond donors (Lipinski definition) is 3. The number of aromatic amines is 1. The van der Waals surface area contributed by atoms with Gasteiger partial charge in [-0.25, -0.2) is 15.0 Å². The number of aliphatic hydroxyl groups is 1. The summed E-state index contributed by atoms with van der Waals surface area (Å²) in [6.07, 6.45) is 6.27. The first-order valence-electron chi connectivity index (χ1n) is 15.4. The van der Waals surface area contributed by atoms with Crippen LogP contribution in [0.4, 0.5) is 19.0 Å². The number of alkyl halides is 3. The molecule has 4 aromatic rings. The van der Waals surface area contributed by atoms with Crippen molar-refractivity contribution in [3.63, 3.8) is 0 Å². The summed E-state index contributed by atoms with van der Waals surface area (Å²) >= 11 is 0. The fraction of sp³-hybridized carbons (Fsp3) is 0.516. The van der Waals surface area contributed by atoms with Crippen LogP contribution in [0.3, 0.4) is 0 Å². The Balaban J connectivity index is 0.982. The molecule has 0 spiro atoms. The first-order valence-corrected chi connectivity index (χ1v) is 15.4. The molecular formula is C31H35F3N10O. The Kier molecular flexibility index (Phi) is 7.71. The molecule has 2 saturated heterocycles. The summed E-state index contributed by atoms with van der Waals surface area (Å²) in [5, 5.41) is 28.4. The maximum atomic E-state index is 13.7. The SMILES string of the molecule is N#CCC1(n2cc(-c3ncnc4[nH]ccc34)cn2)CC(N2CCC(Nc3cc(CN4CC[C@@H](O)C4)cc(C(F)(F)F)n3)CC2)C1. The monoisotopic (exact) mass is 620 g/mol. The van der Waals surface area contributed by atoms with Gasteiger partial charge in [-0.2, -0.15) is 23.5 Å². The number of rotatable bonds is 8. The fourth-order valence-electron chi connectivity index (χ4n) is 7.17. The van der Waals surface area contributed by atoms with Gasteiger partial charge >= 0.3 is 6.18 Å². The van der Waals surface area contributed by atoms with E-state index in [0.717, 1.165) is 67.1 Å². The molecule has 3 N–H and O–H groups in total. The van der Waals surface area contributed by atoms with Crippen LogP contribution in [0.5, 0.6) is 0 Å². The number of aliphatic hydroxyl groups excluding tert-OH is 1. The molecule has 236 valence electrons. The van der Waals surface area contributed by atoms with Gasteiger partial charge in [0.25, 0.3) is 0 Å². The summed E-state index contributed by atoms with van der Waals surface area (Å²) in [6, 6.07) is 7.43. The summed E-state index contributed by atoms with van der Waals surface area (Å²) in [7, 11) is 0. The van der Waals surface area contributed by atoms with E-state index in [9.17, 15) is 23.5 Å². The highest BCUT2D eigenvalue weighted by Gasteiger charge is 2.49. The molecule has 2 aliphatic heterocycles. The molecular weight excluding hydrogens is 585 g/mol. The van der Waals surface area contributed by atoms with Crippen LogP contribution in [0.25, 0.3) is 22.3 Å². The smallest absolute Gasteiger partial charge is 0.392 e. The fourth-order valence-corrected chi connectivity index (χ4v) is 7.17. The van der Waals surface area contributed by atoms with Crippen molar-refractivity contribution in [3.05, 3.63) is 54.4 Å². The lowest BCUT2D eigenvalue weighted by molar-refractivity contribution is -0.141. The molecule has 0 amide bonds. The Hall–Kier alpha value is -4.06. The molecule has 3 fully saturated rings. The summed E-state index contributed by atoms with van der Waals surface area (Å²) in [5.41, 5.74) is 1.67. The Morgan fingerprint density at radius 1 is 1.13 bits per heavy atom. The molecule has 45 heavy (non-hydrogen) atoms. The Morgan fingerprint density at radius 2 is 1.96 bits per heavy atom. The zero-order chi connectivity index (χ0) is 31.2. The predicted molar refractivity (Wildman–Crippen MR) is 160 cm³/mol. The van der Waals surface area contributed by atoms with E-state index in [4.69, 9.17) is 0 Å². The average Bonchev–Trinajstić information content (AvgIpc) is 3.76. The largest absolute Gasteiger partial charge is 0.433 e. The number of nitriles is 1. The number of nitrogens with one attached hydrogen (secondary N) is 2. The first-order chi connectivity index (χ1) is 21.7. The van der Waals surface area contributed by atoms with E-state index < -0.39 is 18.0 Å². The van der Waals surface area contributed by atoms with Crippen LogP contribution in [-0.2, 0) is 18.3 Å². The van der Waals surface area contributed by atoms with Crippen LogP contribution in [0, 0.1) is 11.3 Å². The normalized spacial score (nSPS) is 25.0. The maximum Gasteiger partial charge on any atom is 0.433 e. The summed E-state index contributed by atoms with van der Waals surface area (Å²) in [6.45, 7) is 3.07. The van der Waals surface area contributed by atoms with Gasteiger partial charge in [-0.3, -0.25) is 9.58 Å². The number of likely N-dealkylation sites (tertiary alicyclic amines) is 2. The number of H-pyrrole nitrogens is 1. The zero-order valence-corrected chi connectivity index (χ0v) is 24.7. The average molecular weight is 621 g/mol. The maximum absolute atomic E-state index is 13.7. The third-order valence-corrected chi connectivity index (χ3v) is 9.56. The van der Waals surface area contributed by atoms with E-state index >= 15 is 0 Å². The molecule has 1 aliphatic carbocycles. The minimum Gasteiger partial charge on any atom is -0.392 e. The predicted octanol–water partition coefficient (Wildman–Crippen LogP) is 4.15. The van der Waals surface area contributed by atoms with Crippen LogP contribution >= 0.6 is 0 Å². The summed E-state index contributed by atoms with van der Waals surface area (Å²) in [4.78, 5) is 20.1. The minimum atomic E-state index is -4.54. The first kappa shape index (κ1) is 29.6. The number of anilines is 1. The number of nitrogens with zero attached hydrogens (tertiary/aromatic N) is 8. The Bertz CT molecular complexity index is 1700. The van der Waals surface area contributed by atoms with E-state index in [1.165, 1.54) is 6.33 Å². The third-order valence-electron chi connectivity index (χ3n) is 9.56. The molecule has 0 unspecified atom stereocenters. The van der Waals surface area contributed by atoms with Gasteiger partial charge in [-0.1, -0.05) is 0 Å². The molecule has 3 aliphatic rings.